The lowest BCUT2D eigenvalue weighted by Crippen LogP contribution is -2.36. The number of aliphatic hydroxyl groups is 1. The van der Waals surface area contributed by atoms with Crippen LogP contribution in [0.4, 0.5) is 0 Å². The molecule has 1 heterocycles. The molecule has 0 spiro atoms. The fourth-order valence-corrected chi connectivity index (χ4v) is 1.50. The number of ether oxygens (including phenoxy) is 1. The molecule has 1 rings (SSSR count). The van der Waals surface area contributed by atoms with Gasteiger partial charge >= 0.3 is 0 Å². The summed E-state index contributed by atoms with van der Waals surface area (Å²) in [7, 11) is 0. The molecular weight excluding hydrogens is 226 g/mol. The van der Waals surface area contributed by atoms with E-state index in [0.29, 0.717) is 12.8 Å². The van der Waals surface area contributed by atoms with E-state index in [1.807, 2.05) is 13.8 Å². The second kappa shape index (κ2) is 7.92. The summed E-state index contributed by atoms with van der Waals surface area (Å²) in [5.41, 5.74) is -0.785. The van der Waals surface area contributed by atoms with E-state index in [1.165, 1.54) is 0 Å². The van der Waals surface area contributed by atoms with E-state index in [4.69, 9.17) is 4.74 Å². The Morgan fingerprint density at radius 3 is 2.31 bits per heavy atom. The standard InChI is InChI=1S/C12H21NO2.ClH/c1-3-12(14,4-2)6-5-7-13-8-10-15-11-9-13;/h14H,3-4,7-11H2,1-2H3;1H. The molecule has 16 heavy (non-hydrogen) atoms. The number of halogens is 1. The van der Waals surface area contributed by atoms with E-state index in [-0.39, 0.29) is 12.4 Å². The third kappa shape index (κ3) is 5.18. The maximum atomic E-state index is 9.94. The molecule has 0 atom stereocenters. The van der Waals surface area contributed by atoms with Crippen molar-refractivity contribution in [2.24, 2.45) is 0 Å². The van der Waals surface area contributed by atoms with Gasteiger partial charge in [-0.05, 0) is 12.8 Å². The fourth-order valence-electron chi connectivity index (χ4n) is 1.50. The lowest BCUT2D eigenvalue weighted by Gasteiger charge is -2.24. The largest absolute Gasteiger partial charge is 0.379 e. The van der Waals surface area contributed by atoms with Crippen LogP contribution in [0.2, 0.25) is 0 Å². The minimum Gasteiger partial charge on any atom is -0.379 e. The highest BCUT2D eigenvalue weighted by molar-refractivity contribution is 5.85. The van der Waals surface area contributed by atoms with Gasteiger partial charge in [0.1, 0.15) is 5.60 Å². The lowest BCUT2D eigenvalue weighted by molar-refractivity contribution is 0.0441. The summed E-state index contributed by atoms with van der Waals surface area (Å²) >= 11 is 0. The van der Waals surface area contributed by atoms with Crippen LogP contribution >= 0.6 is 12.4 Å². The molecule has 0 radical (unpaired) electrons. The predicted molar refractivity (Wildman–Crippen MR) is 67.8 cm³/mol. The Labute approximate surface area is 105 Å². The van der Waals surface area contributed by atoms with Crippen molar-refractivity contribution in [1.82, 2.24) is 4.90 Å². The maximum Gasteiger partial charge on any atom is 0.125 e. The molecule has 0 aliphatic carbocycles. The van der Waals surface area contributed by atoms with Crippen LogP contribution in [-0.4, -0.2) is 48.5 Å². The molecule has 0 aromatic rings. The SMILES string of the molecule is CCC(O)(C#CCN1CCOCC1)CC.Cl. The Morgan fingerprint density at radius 2 is 1.81 bits per heavy atom. The van der Waals surface area contributed by atoms with E-state index in [2.05, 4.69) is 16.7 Å². The Kier molecular flexibility index (Phi) is 7.78. The molecule has 0 amide bonds. The second-order valence-electron chi connectivity index (χ2n) is 3.93. The normalized spacial score (nSPS) is 17.2. The zero-order valence-corrected chi connectivity index (χ0v) is 11.0. The van der Waals surface area contributed by atoms with Gasteiger partial charge in [0.25, 0.3) is 0 Å². The molecule has 1 saturated heterocycles. The zero-order chi connectivity index (χ0) is 11.1. The van der Waals surface area contributed by atoms with Gasteiger partial charge in [0.15, 0.2) is 0 Å². The fraction of sp³-hybridized carbons (Fsp3) is 0.833. The molecule has 94 valence electrons. The van der Waals surface area contributed by atoms with Gasteiger partial charge in [-0.3, -0.25) is 4.90 Å². The van der Waals surface area contributed by atoms with Crippen LogP contribution in [0.15, 0.2) is 0 Å². The van der Waals surface area contributed by atoms with Gasteiger partial charge in [0.2, 0.25) is 0 Å². The number of morpholine rings is 1. The van der Waals surface area contributed by atoms with Gasteiger partial charge in [0, 0.05) is 13.1 Å². The molecule has 1 fully saturated rings. The van der Waals surface area contributed by atoms with Crippen LogP contribution in [0.1, 0.15) is 26.7 Å². The van der Waals surface area contributed by atoms with E-state index >= 15 is 0 Å². The molecule has 1 N–H and O–H groups in total. The van der Waals surface area contributed by atoms with E-state index in [1.54, 1.807) is 0 Å². The van der Waals surface area contributed by atoms with Gasteiger partial charge in [-0.1, -0.05) is 25.7 Å². The van der Waals surface area contributed by atoms with Crippen LogP contribution in [0.25, 0.3) is 0 Å². The molecular formula is C12H22ClNO2. The Morgan fingerprint density at radius 1 is 1.25 bits per heavy atom. The summed E-state index contributed by atoms with van der Waals surface area (Å²) in [4.78, 5) is 2.25. The second-order valence-corrected chi connectivity index (χ2v) is 3.93. The first-order valence-electron chi connectivity index (χ1n) is 5.72. The maximum absolute atomic E-state index is 9.94. The van der Waals surface area contributed by atoms with E-state index < -0.39 is 5.60 Å². The number of hydrogen-bond donors (Lipinski definition) is 1. The predicted octanol–water partition coefficient (Wildman–Crippen LogP) is 1.29. The first-order chi connectivity index (χ1) is 7.20. The smallest absolute Gasteiger partial charge is 0.125 e. The summed E-state index contributed by atoms with van der Waals surface area (Å²) < 4.78 is 5.25. The van der Waals surface area contributed by atoms with Crippen molar-refractivity contribution >= 4 is 12.4 Å². The number of hydrogen-bond acceptors (Lipinski definition) is 3. The van der Waals surface area contributed by atoms with Crippen LogP contribution in [0.3, 0.4) is 0 Å². The lowest BCUT2D eigenvalue weighted by atomic mass is 9.98. The Hall–Kier alpha value is -0.270. The van der Waals surface area contributed by atoms with Crippen LogP contribution < -0.4 is 0 Å². The van der Waals surface area contributed by atoms with Crippen LogP contribution in [-0.2, 0) is 4.74 Å². The molecule has 0 saturated carbocycles. The van der Waals surface area contributed by atoms with E-state index in [9.17, 15) is 5.11 Å². The van der Waals surface area contributed by atoms with Crippen molar-refractivity contribution < 1.29 is 9.84 Å². The summed E-state index contributed by atoms with van der Waals surface area (Å²) in [5.74, 6) is 6.03. The first-order valence-corrected chi connectivity index (χ1v) is 5.72. The van der Waals surface area contributed by atoms with Gasteiger partial charge < -0.3 is 9.84 Å². The molecule has 4 heteroatoms. The van der Waals surface area contributed by atoms with Crippen molar-refractivity contribution in [2.75, 3.05) is 32.8 Å². The monoisotopic (exact) mass is 247 g/mol. The number of rotatable bonds is 3. The summed E-state index contributed by atoms with van der Waals surface area (Å²) in [5, 5.41) is 9.94. The Balaban J connectivity index is 0.00000225. The molecule has 1 aliphatic rings. The summed E-state index contributed by atoms with van der Waals surface area (Å²) in [6.07, 6.45) is 1.39. The van der Waals surface area contributed by atoms with Crippen LogP contribution in [0, 0.1) is 11.8 Å². The average molecular weight is 248 g/mol. The molecule has 3 nitrogen and oxygen atoms in total. The molecule has 0 aromatic heterocycles. The van der Waals surface area contributed by atoms with Gasteiger partial charge in [-0.25, -0.2) is 0 Å². The van der Waals surface area contributed by atoms with Crippen molar-refractivity contribution in [3.05, 3.63) is 0 Å². The summed E-state index contributed by atoms with van der Waals surface area (Å²) in [6.45, 7) is 8.17. The zero-order valence-electron chi connectivity index (χ0n) is 10.2. The highest BCUT2D eigenvalue weighted by atomic mass is 35.5. The van der Waals surface area contributed by atoms with Crippen molar-refractivity contribution in [3.8, 4) is 11.8 Å². The van der Waals surface area contributed by atoms with E-state index in [0.717, 1.165) is 32.8 Å². The van der Waals surface area contributed by atoms with Crippen molar-refractivity contribution in [3.63, 3.8) is 0 Å². The minimum absolute atomic E-state index is 0. The molecule has 0 unspecified atom stereocenters. The topological polar surface area (TPSA) is 32.7 Å². The molecule has 0 bridgehead atoms. The minimum atomic E-state index is -0.785. The third-order valence-electron chi connectivity index (χ3n) is 2.90. The summed E-state index contributed by atoms with van der Waals surface area (Å²) in [6, 6.07) is 0. The quantitative estimate of drug-likeness (QED) is 0.763. The molecule has 0 aromatic carbocycles. The van der Waals surface area contributed by atoms with Gasteiger partial charge in [-0.2, -0.15) is 0 Å². The van der Waals surface area contributed by atoms with Gasteiger partial charge in [-0.15, -0.1) is 12.4 Å². The third-order valence-corrected chi connectivity index (χ3v) is 2.90. The highest BCUT2D eigenvalue weighted by Gasteiger charge is 2.18. The average Bonchev–Trinajstić information content (AvgIpc) is 2.30. The van der Waals surface area contributed by atoms with Gasteiger partial charge in [0.05, 0.1) is 19.8 Å². The van der Waals surface area contributed by atoms with Crippen molar-refractivity contribution in [2.45, 2.75) is 32.3 Å². The van der Waals surface area contributed by atoms with Crippen LogP contribution in [0.5, 0.6) is 0 Å². The Bertz CT molecular complexity index is 237. The number of nitrogens with zero attached hydrogens (tertiary/aromatic N) is 1. The first kappa shape index (κ1) is 15.7. The molecule has 1 aliphatic heterocycles. The highest BCUT2D eigenvalue weighted by Crippen LogP contribution is 2.12. The van der Waals surface area contributed by atoms with Crippen molar-refractivity contribution in [1.29, 1.82) is 0 Å².